The minimum atomic E-state index is 0.370. The Hall–Kier alpha value is -0.0400. The van der Waals surface area contributed by atoms with Gasteiger partial charge in [0.15, 0.2) is 0 Å². The Morgan fingerprint density at radius 3 is 2.53 bits per heavy atom. The molecule has 1 fully saturated rings. The van der Waals surface area contributed by atoms with Crippen LogP contribution in [0, 0.1) is 23.7 Å². The molecule has 0 spiro atoms. The van der Waals surface area contributed by atoms with Gasteiger partial charge in [-0.25, -0.2) is 0 Å². The third-order valence-corrected chi connectivity index (χ3v) is 4.14. The zero-order chi connectivity index (χ0) is 11.3. The van der Waals surface area contributed by atoms with Crippen LogP contribution < -0.4 is 0 Å². The molecule has 0 aromatic rings. The highest BCUT2D eigenvalue weighted by Gasteiger charge is 2.29. The summed E-state index contributed by atoms with van der Waals surface area (Å²) in [4.78, 5) is 0. The molecule has 1 nitrogen and oxygen atoms in total. The second kappa shape index (κ2) is 6.52. The predicted octanol–water partition coefficient (Wildman–Crippen LogP) is 3.86. The average Bonchev–Trinajstić information content (AvgIpc) is 2.18. The Morgan fingerprint density at radius 2 is 1.93 bits per heavy atom. The molecule has 1 aliphatic rings. The van der Waals surface area contributed by atoms with E-state index < -0.39 is 0 Å². The Balaban J connectivity index is 2.39. The molecule has 15 heavy (non-hydrogen) atoms. The number of rotatable bonds is 5. The lowest BCUT2D eigenvalue weighted by Gasteiger charge is -2.37. The van der Waals surface area contributed by atoms with Gasteiger partial charge in [-0.2, -0.15) is 0 Å². The maximum atomic E-state index is 8.82. The molecule has 0 heterocycles. The van der Waals surface area contributed by atoms with Crippen LogP contribution in [0.4, 0.5) is 0 Å². The molecule has 1 heteroatoms. The van der Waals surface area contributed by atoms with Crippen molar-refractivity contribution in [1.29, 1.82) is 0 Å². The van der Waals surface area contributed by atoms with Crippen LogP contribution >= 0.6 is 0 Å². The Bertz CT molecular complexity index is 165. The predicted molar refractivity (Wildman–Crippen MR) is 65.8 cm³/mol. The number of aliphatic hydroxyl groups excluding tert-OH is 1. The maximum absolute atomic E-state index is 8.82. The Labute approximate surface area is 95.3 Å². The molecule has 0 amide bonds. The first kappa shape index (κ1) is 13.0. The van der Waals surface area contributed by atoms with Gasteiger partial charge in [0, 0.05) is 6.61 Å². The fourth-order valence-electron chi connectivity index (χ4n) is 3.25. The molecule has 0 radical (unpaired) electrons. The van der Waals surface area contributed by atoms with E-state index in [9.17, 15) is 0 Å². The van der Waals surface area contributed by atoms with Crippen LogP contribution in [0.25, 0.3) is 0 Å². The van der Waals surface area contributed by atoms with Gasteiger partial charge in [-0.1, -0.05) is 40.0 Å². The normalized spacial score (nSPS) is 32.2. The molecular formula is C14H28O. The van der Waals surface area contributed by atoms with E-state index in [-0.39, 0.29) is 0 Å². The van der Waals surface area contributed by atoms with Crippen LogP contribution in [0.1, 0.15) is 59.3 Å². The first-order valence-corrected chi connectivity index (χ1v) is 6.76. The Morgan fingerprint density at radius 1 is 1.20 bits per heavy atom. The van der Waals surface area contributed by atoms with Crippen molar-refractivity contribution in [3.05, 3.63) is 0 Å². The van der Waals surface area contributed by atoms with Crippen molar-refractivity contribution in [3.63, 3.8) is 0 Å². The van der Waals surface area contributed by atoms with Crippen molar-refractivity contribution in [2.75, 3.05) is 6.61 Å². The second-order valence-electron chi connectivity index (χ2n) is 5.81. The van der Waals surface area contributed by atoms with E-state index >= 15 is 0 Å². The summed E-state index contributed by atoms with van der Waals surface area (Å²) in [6, 6.07) is 0. The standard InChI is InChI=1S/C14H28O/c1-11(2)14-8-7-12(3)10-13(14)6-4-5-9-15/h11-15H,4-10H2,1-3H3. The van der Waals surface area contributed by atoms with Crippen LogP contribution in [0.5, 0.6) is 0 Å². The summed E-state index contributed by atoms with van der Waals surface area (Å²) >= 11 is 0. The maximum Gasteiger partial charge on any atom is 0.0431 e. The topological polar surface area (TPSA) is 20.2 Å². The minimum absolute atomic E-state index is 0.370. The summed E-state index contributed by atoms with van der Waals surface area (Å²) in [6.45, 7) is 7.52. The van der Waals surface area contributed by atoms with Gasteiger partial charge in [-0.3, -0.25) is 0 Å². The lowest BCUT2D eigenvalue weighted by Crippen LogP contribution is -2.27. The molecule has 0 saturated heterocycles. The lowest BCUT2D eigenvalue weighted by molar-refractivity contribution is 0.131. The number of aliphatic hydroxyl groups is 1. The lowest BCUT2D eigenvalue weighted by atomic mass is 9.68. The Kier molecular flexibility index (Phi) is 5.66. The first-order chi connectivity index (χ1) is 7.15. The van der Waals surface area contributed by atoms with Gasteiger partial charge in [-0.05, 0) is 42.9 Å². The molecule has 1 rings (SSSR count). The zero-order valence-electron chi connectivity index (χ0n) is 10.7. The molecule has 0 aliphatic heterocycles. The fourth-order valence-corrected chi connectivity index (χ4v) is 3.25. The van der Waals surface area contributed by atoms with Crippen LogP contribution in [0.2, 0.25) is 0 Å². The molecule has 3 atom stereocenters. The molecule has 0 bridgehead atoms. The van der Waals surface area contributed by atoms with Gasteiger partial charge in [0.25, 0.3) is 0 Å². The van der Waals surface area contributed by atoms with Crippen LogP contribution in [0.15, 0.2) is 0 Å². The van der Waals surface area contributed by atoms with Crippen molar-refractivity contribution in [2.24, 2.45) is 23.7 Å². The fraction of sp³-hybridized carbons (Fsp3) is 1.00. The van der Waals surface area contributed by atoms with E-state index in [1.807, 2.05) is 0 Å². The van der Waals surface area contributed by atoms with Crippen LogP contribution in [-0.4, -0.2) is 11.7 Å². The van der Waals surface area contributed by atoms with Gasteiger partial charge in [0.2, 0.25) is 0 Å². The van der Waals surface area contributed by atoms with E-state index in [4.69, 9.17) is 5.11 Å². The smallest absolute Gasteiger partial charge is 0.0431 e. The molecule has 90 valence electrons. The van der Waals surface area contributed by atoms with Crippen molar-refractivity contribution in [2.45, 2.75) is 59.3 Å². The number of hydrogen-bond donors (Lipinski definition) is 1. The second-order valence-corrected chi connectivity index (χ2v) is 5.81. The highest BCUT2D eigenvalue weighted by atomic mass is 16.2. The van der Waals surface area contributed by atoms with Gasteiger partial charge in [0.05, 0.1) is 0 Å². The van der Waals surface area contributed by atoms with Crippen molar-refractivity contribution >= 4 is 0 Å². The van der Waals surface area contributed by atoms with Gasteiger partial charge < -0.3 is 5.11 Å². The molecule has 1 saturated carbocycles. The molecular weight excluding hydrogens is 184 g/mol. The molecule has 1 aliphatic carbocycles. The monoisotopic (exact) mass is 212 g/mol. The molecule has 3 unspecified atom stereocenters. The average molecular weight is 212 g/mol. The summed E-state index contributed by atoms with van der Waals surface area (Å²) in [5.74, 6) is 3.65. The largest absolute Gasteiger partial charge is 0.396 e. The molecule has 0 aromatic heterocycles. The van der Waals surface area contributed by atoms with E-state index in [1.165, 1.54) is 32.1 Å². The van der Waals surface area contributed by atoms with E-state index in [0.29, 0.717) is 6.61 Å². The highest BCUT2D eigenvalue weighted by Crippen LogP contribution is 2.40. The van der Waals surface area contributed by atoms with Crippen molar-refractivity contribution < 1.29 is 5.11 Å². The zero-order valence-corrected chi connectivity index (χ0v) is 10.7. The van der Waals surface area contributed by atoms with E-state index in [1.54, 1.807) is 0 Å². The SMILES string of the molecule is CC1CCC(C(C)C)C(CCCCO)C1. The number of unbranched alkanes of at least 4 members (excludes halogenated alkanes) is 1. The summed E-state index contributed by atoms with van der Waals surface area (Å²) in [5, 5.41) is 8.82. The third kappa shape index (κ3) is 4.14. The third-order valence-electron chi connectivity index (χ3n) is 4.14. The number of hydrogen-bond acceptors (Lipinski definition) is 1. The molecule has 1 N–H and O–H groups in total. The summed E-state index contributed by atoms with van der Waals surface area (Å²) in [5.41, 5.74) is 0. The van der Waals surface area contributed by atoms with Gasteiger partial charge in [0.1, 0.15) is 0 Å². The van der Waals surface area contributed by atoms with E-state index in [2.05, 4.69) is 20.8 Å². The van der Waals surface area contributed by atoms with E-state index in [0.717, 1.165) is 30.1 Å². The van der Waals surface area contributed by atoms with Crippen LogP contribution in [-0.2, 0) is 0 Å². The summed E-state index contributed by atoms with van der Waals surface area (Å²) < 4.78 is 0. The van der Waals surface area contributed by atoms with Gasteiger partial charge >= 0.3 is 0 Å². The van der Waals surface area contributed by atoms with Crippen molar-refractivity contribution in [1.82, 2.24) is 0 Å². The quantitative estimate of drug-likeness (QED) is 0.686. The summed E-state index contributed by atoms with van der Waals surface area (Å²) in [7, 11) is 0. The molecule has 0 aromatic carbocycles. The van der Waals surface area contributed by atoms with Gasteiger partial charge in [-0.15, -0.1) is 0 Å². The summed E-state index contributed by atoms with van der Waals surface area (Å²) in [6.07, 6.45) is 7.84. The van der Waals surface area contributed by atoms with Crippen LogP contribution in [0.3, 0.4) is 0 Å². The minimum Gasteiger partial charge on any atom is -0.396 e. The first-order valence-electron chi connectivity index (χ1n) is 6.76. The van der Waals surface area contributed by atoms with Crippen molar-refractivity contribution in [3.8, 4) is 0 Å². The highest BCUT2D eigenvalue weighted by molar-refractivity contribution is 4.80.